The Bertz CT molecular complexity index is 983. The van der Waals surface area contributed by atoms with Crippen molar-refractivity contribution in [3.63, 3.8) is 0 Å². The van der Waals surface area contributed by atoms with Gasteiger partial charge in [-0.15, -0.1) is 0 Å². The average molecular weight is 414 g/mol. The molecule has 0 aliphatic rings. The average Bonchev–Trinajstić information content (AvgIpc) is 2.84. The van der Waals surface area contributed by atoms with Gasteiger partial charge in [-0.25, -0.2) is 0 Å². The van der Waals surface area contributed by atoms with Gasteiger partial charge in [-0.2, -0.15) is 0 Å². The minimum absolute atomic E-state index is 0.770. The Morgan fingerprint density at radius 3 is 1.40 bits per heavy atom. The fraction of sp³-hybridized carbons (Fsp3) is 0.111. The molecule has 4 aromatic rings. The van der Waals surface area contributed by atoms with Crippen LogP contribution in [0.2, 0.25) is 0 Å². The Kier molecular flexibility index (Phi) is 6.16. The SMILES string of the molecule is COc1cccc(C[PH](c2ccccc2)(c2ccccc2)c2ccccc2)c1OC. The van der Waals surface area contributed by atoms with Crippen LogP contribution in [0.4, 0.5) is 0 Å². The molecule has 2 nitrogen and oxygen atoms in total. The third-order valence-electron chi connectivity index (χ3n) is 5.74. The van der Waals surface area contributed by atoms with Crippen molar-refractivity contribution < 1.29 is 9.47 Å². The Morgan fingerprint density at radius 2 is 1.00 bits per heavy atom. The second-order valence-corrected chi connectivity index (χ2v) is 11.2. The van der Waals surface area contributed by atoms with Gasteiger partial charge >= 0.3 is 179 Å². The molecule has 0 bridgehead atoms. The van der Waals surface area contributed by atoms with Gasteiger partial charge in [-0.05, 0) is 0 Å². The normalized spacial score (nSPS) is 11.7. The van der Waals surface area contributed by atoms with E-state index in [9.17, 15) is 0 Å². The number of ether oxygens (including phenoxy) is 2. The number of rotatable bonds is 7. The summed E-state index contributed by atoms with van der Waals surface area (Å²) >= 11 is 0. The van der Waals surface area contributed by atoms with E-state index in [1.165, 1.54) is 21.5 Å². The van der Waals surface area contributed by atoms with Gasteiger partial charge in [0.05, 0.1) is 0 Å². The molecule has 152 valence electrons. The molecule has 0 unspecified atom stereocenters. The first-order valence-electron chi connectivity index (χ1n) is 10.2. The van der Waals surface area contributed by atoms with E-state index in [0.29, 0.717) is 0 Å². The Labute approximate surface area is 179 Å². The van der Waals surface area contributed by atoms with Crippen molar-refractivity contribution >= 4 is 23.2 Å². The second-order valence-electron chi connectivity index (χ2n) is 7.33. The molecule has 0 spiro atoms. The summed E-state index contributed by atoms with van der Waals surface area (Å²) in [6.45, 7) is 0. The van der Waals surface area contributed by atoms with Crippen LogP contribution in [0.25, 0.3) is 0 Å². The van der Waals surface area contributed by atoms with Gasteiger partial charge in [0.2, 0.25) is 0 Å². The van der Waals surface area contributed by atoms with E-state index >= 15 is 0 Å². The number of methoxy groups -OCH3 is 2. The molecule has 30 heavy (non-hydrogen) atoms. The number of para-hydroxylation sites is 1. The Hall–Kier alpha value is -3.09. The van der Waals surface area contributed by atoms with E-state index in [1.54, 1.807) is 14.2 Å². The fourth-order valence-corrected chi connectivity index (χ4v) is 9.10. The standard InChI is InChI=1S/C27H27O2P/c1-28-26-20-12-13-22(27(26)29-2)21-30(23-14-6-3-7-15-23,24-16-8-4-9-17-24)25-18-10-5-11-19-25/h3-20,30H,21H2,1-2H3. The number of hydrogen-bond donors (Lipinski definition) is 0. The van der Waals surface area contributed by atoms with Crippen LogP contribution in [0.15, 0.2) is 109 Å². The quantitative estimate of drug-likeness (QED) is 0.399. The molecule has 0 N–H and O–H groups in total. The first kappa shape index (κ1) is 20.2. The van der Waals surface area contributed by atoms with Gasteiger partial charge in [0, 0.05) is 0 Å². The molecule has 0 aliphatic heterocycles. The zero-order valence-corrected chi connectivity index (χ0v) is 18.4. The van der Waals surface area contributed by atoms with Gasteiger partial charge in [0.15, 0.2) is 0 Å². The van der Waals surface area contributed by atoms with Crippen LogP contribution >= 0.6 is 7.26 Å². The van der Waals surface area contributed by atoms with Gasteiger partial charge in [0.1, 0.15) is 0 Å². The molecule has 0 saturated heterocycles. The van der Waals surface area contributed by atoms with Crippen LogP contribution in [-0.2, 0) is 6.16 Å². The molecule has 0 aromatic heterocycles. The molecule has 0 heterocycles. The van der Waals surface area contributed by atoms with E-state index in [-0.39, 0.29) is 0 Å². The van der Waals surface area contributed by atoms with Crippen LogP contribution in [0.3, 0.4) is 0 Å². The zero-order chi connectivity index (χ0) is 20.8. The summed E-state index contributed by atoms with van der Waals surface area (Å²) in [5.74, 6) is 1.59. The van der Waals surface area contributed by atoms with Crippen molar-refractivity contribution in [3.8, 4) is 11.5 Å². The predicted molar refractivity (Wildman–Crippen MR) is 130 cm³/mol. The molecule has 4 aromatic carbocycles. The molecule has 3 heteroatoms. The van der Waals surface area contributed by atoms with Crippen LogP contribution in [0, 0.1) is 0 Å². The third kappa shape index (κ3) is 3.72. The Morgan fingerprint density at radius 1 is 0.533 bits per heavy atom. The van der Waals surface area contributed by atoms with Crippen molar-refractivity contribution in [3.05, 3.63) is 115 Å². The maximum atomic E-state index is 5.82. The predicted octanol–water partition coefficient (Wildman–Crippen LogP) is 4.93. The fourth-order valence-electron chi connectivity index (χ4n) is 4.35. The van der Waals surface area contributed by atoms with Crippen LogP contribution in [-0.4, -0.2) is 14.2 Å². The van der Waals surface area contributed by atoms with Gasteiger partial charge < -0.3 is 0 Å². The summed E-state index contributed by atoms with van der Waals surface area (Å²) in [6, 6.07) is 39.0. The maximum absolute atomic E-state index is 5.82. The van der Waals surface area contributed by atoms with Crippen molar-refractivity contribution in [1.82, 2.24) is 0 Å². The second kappa shape index (κ2) is 9.15. The zero-order valence-electron chi connectivity index (χ0n) is 17.4. The number of hydrogen-bond acceptors (Lipinski definition) is 2. The van der Waals surface area contributed by atoms with E-state index in [0.717, 1.165) is 17.7 Å². The topological polar surface area (TPSA) is 18.5 Å². The molecular formula is C27H27O2P. The molecule has 0 saturated carbocycles. The Balaban J connectivity index is 2.02. The summed E-state index contributed by atoms with van der Waals surface area (Å²) in [7, 11) is 1.03. The van der Waals surface area contributed by atoms with Crippen LogP contribution in [0.5, 0.6) is 11.5 Å². The van der Waals surface area contributed by atoms with Gasteiger partial charge in [-0.3, -0.25) is 0 Å². The summed E-state index contributed by atoms with van der Waals surface area (Å²) < 4.78 is 11.4. The van der Waals surface area contributed by atoms with Crippen LogP contribution in [0.1, 0.15) is 5.56 Å². The molecule has 0 amide bonds. The molecule has 0 radical (unpaired) electrons. The summed E-state index contributed by atoms with van der Waals surface area (Å²) in [5, 5.41) is 4.15. The molecule has 0 aliphatic carbocycles. The summed E-state index contributed by atoms with van der Waals surface area (Å²) in [6.07, 6.45) is 0.880. The van der Waals surface area contributed by atoms with E-state index in [4.69, 9.17) is 9.47 Å². The monoisotopic (exact) mass is 414 g/mol. The van der Waals surface area contributed by atoms with Crippen molar-refractivity contribution in [2.75, 3.05) is 14.2 Å². The van der Waals surface area contributed by atoms with Gasteiger partial charge in [-0.1, -0.05) is 0 Å². The van der Waals surface area contributed by atoms with E-state index < -0.39 is 7.26 Å². The summed E-state index contributed by atoms with van der Waals surface area (Å²) in [5.41, 5.74) is 1.17. The van der Waals surface area contributed by atoms with Crippen molar-refractivity contribution in [2.45, 2.75) is 6.16 Å². The molecular weight excluding hydrogens is 387 g/mol. The molecule has 0 fully saturated rings. The van der Waals surface area contributed by atoms with Gasteiger partial charge in [0.25, 0.3) is 0 Å². The minimum atomic E-state index is -2.38. The number of benzene rings is 4. The van der Waals surface area contributed by atoms with Crippen LogP contribution < -0.4 is 25.4 Å². The third-order valence-corrected chi connectivity index (χ3v) is 10.6. The molecule has 4 rings (SSSR count). The first-order valence-corrected chi connectivity index (χ1v) is 12.4. The van der Waals surface area contributed by atoms with Crippen molar-refractivity contribution in [1.29, 1.82) is 0 Å². The first-order chi connectivity index (χ1) is 14.8. The summed E-state index contributed by atoms with van der Waals surface area (Å²) in [4.78, 5) is 0. The van der Waals surface area contributed by atoms with E-state index in [2.05, 4.69) is 103 Å². The van der Waals surface area contributed by atoms with Crippen molar-refractivity contribution in [2.24, 2.45) is 0 Å². The van der Waals surface area contributed by atoms with E-state index in [1.807, 2.05) is 6.07 Å². The molecule has 0 atom stereocenters.